The van der Waals surface area contributed by atoms with Crippen molar-refractivity contribution in [2.24, 2.45) is 5.84 Å². The van der Waals surface area contributed by atoms with Gasteiger partial charge in [-0.05, 0) is 37.1 Å². The van der Waals surface area contributed by atoms with Crippen LogP contribution in [-0.2, 0) is 0 Å². The van der Waals surface area contributed by atoms with Gasteiger partial charge >= 0.3 is 0 Å². The Morgan fingerprint density at radius 3 is 2.45 bits per heavy atom. The summed E-state index contributed by atoms with van der Waals surface area (Å²) in [5, 5.41) is 13.9. The Kier molecular flexibility index (Phi) is 3.81. The molecule has 0 aliphatic rings. The van der Waals surface area contributed by atoms with Gasteiger partial charge in [0.1, 0.15) is 11.6 Å². The number of rotatable bonds is 4. The SMILES string of the molecule is Cc1ccc(Nc2cc([N+](=O)[O-])cc(NN)n2)cc1C. The second-order valence-electron chi connectivity index (χ2n) is 4.42. The number of hydrogen-bond acceptors (Lipinski definition) is 6. The Labute approximate surface area is 116 Å². The normalized spacial score (nSPS) is 10.2. The molecule has 104 valence electrons. The minimum atomic E-state index is -0.492. The summed E-state index contributed by atoms with van der Waals surface area (Å²) in [6, 6.07) is 8.43. The number of nitro groups is 1. The average molecular weight is 273 g/mol. The minimum Gasteiger partial charge on any atom is -0.340 e. The van der Waals surface area contributed by atoms with Crippen molar-refractivity contribution in [2.45, 2.75) is 13.8 Å². The second kappa shape index (κ2) is 5.54. The predicted molar refractivity (Wildman–Crippen MR) is 77.9 cm³/mol. The lowest BCUT2D eigenvalue weighted by Gasteiger charge is -2.09. The number of aryl methyl sites for hydroxylation is 2. The Morgan fingerprint density at radius 1 is 1.15 bits per heavy atom. The fraction of sp³-hybridized carbons (Fsp3) is 0.154. The molecule has 0 saturated heterocycles. The molecule has 7 heteroatoms. The fourth-order valence-electron chi connectivity index (χ4n) is 1.73. The molecule has 0 atom stereocenters. The topological polar surface area (TPSA) is 106 Å². The van der Waals surface area contributed by atoms with E-state index in [0.717, 1.165) is 11.3 Å². The largest absolute Gasteiger partial charge is 0.340 e. The zero-order valence-electron chi connectivity index (χ0n) is 11.2. The number of hydrogen-bond donors (Lipinski definition) is 3. The van der Waals surface area contributed by atoms with E-state index in [4.69, 9.17) is 5.84 Å². The number of nitrogens with one attached hydrogen (secondary N) is 2. The van der Waals surface area contributed by atoms with Crippen LogP contribution in [0.3, 0.4) is 0 Å². The molecule has 0 aliphatic heterocycles. The zero-order valence-corrected chi connectivity index (χ0v) is 11.2. The van der Waals surface area contributed by atoms with Crippen molar-refractivity contribution in [1.29, 1.82) is 0 Å². The highest BCUT2D eigenvalue weighted by Crippen LogP contribution is 2.24. The molecule has 4 N–H and O–H groups in total. The Morgan fingerprint density at radius 2 is 1.85 bits per heavy atom. The summed E-state index contributed by atoms with van der Waals surface area (Å²) in [4.78, 5) is 14.5. The lowest BCUT2D eigenvalue weighted by Crippen LogP contribution is -2.10. The molecule has 0 radical (unpaired) electrons. The number of anilines is 3. The number of aromatic nitrogens is 1. The summed E-state index contributed by atoms with van der Waals surface area (Å²) in [5.74, 6) is 5.85. The molecule has 0 fully saturated rings. The molecule has 0 unspecified atom stereocenters. The van der Waals surface area contributed by atoms with Gasteiger partial charge in [-0.2, -0.15) is 0 Å². The highest BCUT2D eigenvalue weighted by molar-refractivity contribution is 5.63. The molecule has 1 aromatic carbocycles. The van der Waals surface area contributed by atoms with E-state index in [9.17, 15) is 10.1 Å². The van der Waals surface area contributed by atoms with Crippen molar-refractivity contribution in [3.8, 4) is 0 Å². The van der Waals surface area contributed by atoms with Gasteiger partial charge in [-0.3, -0.25) is 10.1 Å². The molecule has 0 saturated carbocycles. The molecule has 20 heavy (non-hydrogen) atoms. The Balaban J connectivity index is 2.34. The number of nitrogen functional groups attached to an aromatic ring is 1. The smallest absolute Gasteiger partial charge is 0.276 e. The molecule has 0 spiro atoms. The summed E-state index contributed by atoms with van der Waals surface area (Å²) >= 11 is 0. The van der Waals surface area contributed by atoms with Crippen LogP contribution in [0, 0.1) is 24.0 Å². The van der Waals surface area contributed by atoms with Crippen LogP contribution >= 0.6 is 0 Å². The number of pyridine rings is 1. The third-order valence-electron chi connectivity index (χ3n) is 2.95. The van der Waals surface area contributed by atoms with E-state index in [2.05, 4.69) is 15.7 Å². The first-order chi connectivity index (χ1) is 9.49. The first kappa shape index (κ1) is 13.8. The molecule has 2 aromatic rings. The highest BCUT2D eigenvalue weighted by atomic mass is 16.6. The molecule has 0 aliphatic carbocycles. The standard InChI is InChI=1S/C13H15N5O2/c1-8-3-4-10(5-9(8)2)15-12-6-11(18(19)20)7-13(16-12)17-14/h3-7H,14H2,1-2H3,(H2,15,16,17). The van der Waals surface area contributed by atoms with Crippen LogP contribution in [0.1, 0.15) is 11.1 Å². The predicted octanol–water partition coefficient (Wildman–Crippen LogP) is 2.64. The van der Waals surface area contributed by atoms with Crippen molar-refractivity contribution in [3.63, 3.8) is 0 Å². The second-order valence-corrected chi connectivity index (χ2v) is 4.42. The van der Waals surface area contributed by atoms with Crippen LogP contribution in [0.25, 0.3) is 0 Å². The first-order valence-electron chi connectivity index (χ1n) is 5.97. The Bertz CT molecular complexity index is 657. The van der Waals surface area contributed by atoms with Gasteiger partial charge in [-0.1, -0.05) is 6.07 Å². The van der Waals surface area contributed by atoms with Crippen LogP contribution in [0.15, 0.2) is 30.3 Å². The summed E-state index contributed by atoms with van der Waals surface area (Å²) in [6.45, 7) is 4.01. The highest BCUT2D eigenvalue weighted by Gasteiger charge is 2.11. The molecule has 0 bridgehead atoms. The monoisotopic (exact) mass is 273 g/mol. The molecular formula is C13H15N5O2. The minimum absolute atomic E-state index is 0.0840. The van der Waals surface area contributed by atoms with Crippen LogP contribution < -0.4 is 16.6 Å². The van der Waals surface area contributed by atoms with Crippen LogP contribution in [0.2, 0.25) is 0 Å². The van der Waals surface area contributed by atoms with Gasteiger partial charge in [0.15, 0.2) is 0 Å². The number of nitrogens with zero attached hydrogens (tertiary/aromatic N) is 2. The number of hydrazine groups is 1. The summed E-state index contributed by atoms with van der Waals surface area (Å²) in [7, 11) is 0. The molecule has 2 rings (SSSR count). The van der Waals surface area contributed by atoms with Gasteiger partial charge in [0.25, 0.3) is 5.69 Å². The molecular weight excluding hydrogens is 258 g/mol. The molecule has 1 heterocycles. The zero-order chi connectivity index (χ0) is 14.7. The van der Waals surface area contributed by atoms with Gasteiger partial charge in [0, 0.05) is 5.69 Å². The van der Waals surface area contributed by atoms with Crippen molar-refractivity contribution >= 4 is 23.0 Å². The van der Waals surface area contributed by atoms with E-state index in [0.29, 0.717) is 5.82 Å². The van der Waals surface area contributed by atoms with Gasteiger partial charge in [0.05, 0.1) is 17.1 Å². The van der Waals surface area contributed by atoms with Crippen LogP contribution in [0.4, 0.5) is 23.0 Å². The lowest BCUT2D eigenvalue weighted by atomic mass is 10.1. The first-order valence-corrected chi connectivity index (χ1v) is 5.97. The summed E-state index contributed by atoms with van der Waals surface area (Å²) in [6.07, 6.45) is 0. The number of nitrogens with two attached hydrogens (primary N) is 1. The third-order valence-corrected chi connectivity index (χ3v) is 2.95. The summed E-state index contributed by atoms with van der Waals surface area (Å²) in [5.41, 5.74) is 5.33. The average Bonchev–Trinajstić information content (AvgIpc) is 2.42. The van der Waals surface area contributed by atoms with Crippen LogP contribution in [-0.4, -0.2) is 9.91 Å². The lowest BCUT2D eigenvalue weighted by molar-refractivity contribution is -0.384. The maximum Gasteiger partial charge on any atom is 0.276 e. The van der Waals surface area contributed by atoms with Crippen molar-refractivity contribution in [2.75, 3.05) is 10.7 Å². The van der Waals surface area contributed by atoms with Gasteiger partial charge in [-0.15, -0.1) is 0 Å². The molecule has 0 amide bonds. The van der Waals surface area contributed by atoms with E-state index in [-0.39, 0.29) is 11.5 Å². The van der Waals surface area contributed by atoms with Crippen molar-refractivity contribution in [3.05, 3.63) is 51.6 Å². The maximum atomic E-state index is 10.9. The Hall–Kier alpha value is -2.67. The number of benzene rings is 1. The molecule has 7 nitrogen and oxygen atoms in total. The van der Waals surface area contributed by atoms with E-state index < -0.39 is 4.92 Å². The van der Waals surface area contributed by atoms with Gasteiger partial charge in [-0.25, -0.2) is 10.8 Å². The quantitative estimate of drug-likeness (QED) is 0.449. The van der Waals surface area contributed by atoms with Crippen molar-refractivity contribution in [1.82, 2.24) is 4.98 Å². The fourth-order valence-corrected chi connectivity index (χ4v) is 1.73. The third kappa shape index (κ3) is 3.01. The molecule has 1 aromatic heterocycles. The van der Waals surface area contributed by atoms with Gasteiger partial charge in [0.2, 0.25) is 0 Å². The van der Waals surface area contributed by atoms with E-state index in [1.807, 2.05) is 32.0 Å². The van der Waals surface area contributed by atoms with E-state index in [1.165, 1.54) is 17.7 Å². The maximum absolute atomic E-state index is 10.9. The summed E-state index contributed by atoms with van der Waals surface area (Å²) < 4.78 is 0. The van der Waals surface area contributed by atoms with Crippen molar-refractivity contribution < 1.29 is 4.92 Å². The van der Waals surface area contributed by atoms with Gasteiger partial charge < -0.3 is 10.7 Å². The van der Waals surface area contributed by atoms with E-state index >= 15 is 0 Å². The van der Waals surface area contributed by atoms with E-state index in [1.54, 1.807) is 0 Å². The van der Waals surface area contributed by atoms with Crippen LogP contribution in [0.5, 0.6) is 0 Å².